The lowest BCUT2D eigenvalue weighted by molar-refractivity contribution is -0.163. The van der Waals surface area contributed by atoms with Gasteiger partial charge in [-0.05, 0) is 37.1 Å². The average Bonchev–Trinajstić information content (AvgIpc) is 3.70. The van der Waals surface area contributed by atoms with Gasteiger partial charge < -0.3 is 20.4 Å². The largest absolute Gasteiger partial charge is 0.364 e. The van der Waals surface area contributed by atoms with E-state index in [4.69, 9.17) is 0 Å². The highest BCUT2D eigenvalue weighted by atomic mass is 33.1. The maximum atomic E-state index is 14.6. The summed E-state index contributed by atoms with van der Waals surface area (Å²) in [6, 6.07) is 16.3. The second-order valence-electron chi connectivity index (χ2n) is 13.4. The lowest BCUT2D eigenvalue weighted by atomic mass is 9.54. The highest BCUT2D eigenvalue weighted by Gasteiger charge is 2.87. The van der Waals surface area contributed by atoms with Crippen LogP contribution in [0.4, 0.5) is 11.4 Å². The number of amides is 4. The molecule has 8 saturated heterocycles. The van der Waals surface area contributed by atoms with Crippen molar-refractivity contribution in [3.63, 3.8) is 0 Å². The smallest absolute Gasteiger partial charge is 0.262 e. The second kappa shape index (κ2) is 7.48. The number of hydrogen-bond acceptors (Lipinski definition) is 10. The molecule has 14 heteroatoms. The molecular formula is C30H28N6O4S4. The Kier molecular flexibility index (Phi) is 4.51. The van der Waals surface area contributed by atoms with Gasteiger partial charge in [-0.1, -0.05) is 79.6 Å². The molecule has 0 aromatic heterocycles. The first kappa shape index (κ1) is 26.5. The van der Waals surface area contributed by atoms with E-state index in [2.05, 4.69) is 22.8 Å². The average molecular weight is 665 g/mol. The molecule has 0 aliphatic carbocycles. The van der Waals surface area contributed by atoms with Crippen LogP contribution in [0.5, 0.6) is 0 Å². The summed E-state index contributed by atoms with van der Waals surface area (Å²) in [4.78, 5) is 60.7. The highest BCUT2D eigenvalue weighted by molar-refractivity contribution is 8.78. The normalized spacial score (nSPS) is 45.2. The number of piperazine rings is 2. The van der Waals surface area contributed by atoms with Crippen molar-refractivity contribution in [1.29, 1.82) is 0 Å². The first-order valence-electron chi connectivity index (χ1n) is 14.6. The van der Waals surface area contributed by atoms with Crippen LogP contribution in [0.3, 0.4) is 0 Å². The van der Waals surface area contributed by atoms with Gasteiger partial charge in [0.05, 0.1) is 10.8 Å². The van der Waals surface area contributed by atoms with Crippen LogP contribution in [0.15, 0.2) is 48.5 Å². The predicted molar refractivity (Wildman–Crippen MR) is 172 cm³/mol. The Bertz CT molecular complexity index is 1700. The number of carbonyl (C=O) groups excluding carboxylic acids is 4. The topological polar surface area (TPSA) is 105 Å². The van der Waals surface area contributed by atoms with Crippen molar-refractivity contribution in [3.05, 3.63) is 59.7 Å². The highest BCUT2D eigenvalue weighted by Crippen LogP contribution is 2.78. The van der Waals surface area contributed by atoms with Gasteiger partial charge in [-0.15, -0.1) is 0 Å². The molecule has 8 fully saturated rings. The SMILES string of the molecule is CN1C(=O)[C@@]23CC4([C@]56C[C@@]78SS[C@@](C)(C(=O)N7[C@H]5Nc5ccccc56)N(C)C8=O)c5ccccc5N[C@@H]4N2C(=O)[C@]1(C)SS3. The Hall–Kier alpha value is -2.68. The number of para-hydroxylation sites is 2. The molecule has 10 nitrogen and oxygen atoms in total. The molecule has 10 heterocycles. The van der Waals surface area contributed by atoms with E-state index in [1.54, 1.807) is 23.9 Å². The summed E-state index contributed by atoms with van der Waals surface area (Å²) < 4.78 is 0. The molecule has 226 valence electrons. The summed E-state index contributed by atoms with van der Waals surface area (Å²) in [6.45, 7) is 3.66. The third kappa shape index (κ3) is 2.30. The number of hydrogen-bond donors (Lipinski definition) is 2. The van der Waals surface area contributed by atoms with Gasteiger partial charge in [-0.25, -0.2) is 0 Å². The van der Waals surface area contributed by atoms with E-state index < -0.39 is 42.6 Å². The Morgan fingerprint density at radius 1 is 0.614 bits per heavy atom. The van der Waals surface area contributed by atoms with Crippen molar-refractivity contribution in [1.82, 2.24) is 19.6 Å². The van der Waals surface area contributed by atoms with E-state index in [0.717, 1.165) is 22.5 Å². The number of carbonyl (C=O) groups is 4. The van der Waals surface area contributed by atoms with Crippen molar-refractivity contribution in [2.24, 2.45) is 0 Å². The minimum Gasteiger partial charge on any atom is -0.364 e. The summed E-state index contributed by atoms with van der Waals surface area (Å²) in [7, 11) is 9.36. The third-order valence-electron chi connectivity index (χ3n) is 11.9. The molecule has 2 spiro atoms. The minimum absolute atomic E-state index is 0.0808. The first-order chi connectivity index (χ1) is 20.9. The Morgan fingerprint density at radius 2 is 1.00 bits per heavy atom. The summed E-state index contributed by atoms with van der Waals surface area (Å²) >= 11 is 0. The maximum Gasteiger partial charge on any atom is 0.262 e. The molecule has 2 N–H and O–H groups in total. The van der Waals surface area contributed by atoms with Crippen molar-refractivity contribution in [2.75, 3.05) is 24.7 Å². The van der Waals surface area contributed by atoms with Gasteiger partial charge in [0.25, 0.3) is 23.6 Å². The van der Waals surface area contributed by atoms with Gasteiger partial charge in [-0.2, -0.15) is 0 Å². The van der Waals surface area contributed by atoms with E-state index in [1.165, 1.54) is 43.2 Å². The van der Waals surface area contributed by atoms with E-state index >= 15 is 0 Å². The molecule has 4 bridgehead atoms. The van der Waals surface area contributed by atoms with Crippen LogP contribution in [-0.2, 0) is 30.0 Å². The van der Waals surface area contributed by atoms with Crippen molar-refractivity contribution in [3.8, 4) is 0 Å². The van der Waals surface area contributed by atoms with Crippen LogP contribution in [0.25, 0.3) is 0 Å². The van der Waals surface area contributed by atoms with Crippen LogP contribution in [0.2, 0.25) is 0 Å². The van der Waals surface area contributed by atoms with Crippen LogP contribution in [0.1, 0.15) is 37.8 Å². The number of nitrogens with zero attached hydrogens (tertiary/aromatic N) is 4. The molecule has 0 saturated carbocycles. The number of fused-ring (bicyclic) bond motifs is 11. The predicted octanol–water partition coefficient (Wildman–Crippen LogP) is 3.39. The van der Waals surface area contributed by atoms with Crippen molar-refractivity contribution < 1.29 is 19.2 Å². The third-order valence-corrected chi connectivity index (χ3v) is 19.3. The quantitative estimate of drug-likeness (QED) is 0.441. The molecule has 10 aliphatic heterocycles. The number of anilines is 2. The fourth-order valence-electron chi connectivity index (χ4n) is 9.67. The van der Waals surface area contributed by atoms with Gasteiger partial charge >= 0.3 is 0 Å². The summed E-state index contributed by atoms with van der Waals surface area (Å²) in [6.07, 6.45) is -0.444. The van der Waals surface area contributed by atoms with Gasteiger partial charge in [0, 0.05) is 38.3 Å². The summed E-state index contributed by atoms with van der Waals surface area (Å²) in [5.41, 5.74) is 2.14. The van der Waals surface area contributed by atoms with Crippen LogP contribution in [-0.4, -0.2) is 89.1 Å². The maximum absolute atomic E-state index is 14.6. The van der Waals surface area contributed by atoms with Crippen LogP contribution >= 0.6 is 43.2 Å². The number of benzene rings is 2. The lowest BCUT2D eigenvalue weighted by Gasteiger charge is -2.57. The Balaban J connectivity index is 1.31. The number of nitrogens with one attached hydrogen (secondary N) is 2. The molecule has 10 aliphatic rings. The Labute approximate surface area is 269 Å². The molecular weight excluding hydrogens is 637 g/mol. The molecule has 12 rings (SSSR count). The van der Waals surface area contributed by atoms with Crippen molar-refractivity contribution >= 4 is 78.2 Å². The molecule has 1 unspecified atom stereocenters. The zero-order valence-corrected chi connectivity index (χ0v) is 27.5. The molecule has 2 aromatic rings. The summed E-state index contributed by atoms with van der Waals surface area (Å²) in [5, 5.41) is 7.50. The summed E-state index contributed by atoms with van der Waals surface area (Å²) in [5.74, 6) is -0.353. The molecule has 44 heavy (non-hydrogen) atoms. The fraction of sp³-hybridized carbons (Fsp3) is 0.467. The second-order valence-corrected chi connectivity index (χ2v) is 19.0. The zero-order valence-electron chi connectivity index (χ0n) is 24.2. The van der Waals surface area contributed by atoms with Gasteiger partial charge in [0.15, 0.2) is 19.5 Å². The van der Waals surface area contributed by atoms with Gasteiger partial charge in [0.1, 0.15) is 12.3 Å². The standard InChI is InChI=1S/C30H28N6O4S4/c1-25-21(37)35-19-27(15-9-5-7-11-17(15)31-19,13-29(35,43-41-25)23(39)33(25)3)28-14-30-24(40)34(4)26(2,42-44-30)22(38)36(30)20(28)32-18-12-8-6-10-16(18)28/h5-12,19-20,31-32H,13-14H2,1-4H3/t19-,20-,25+,26+,27+,28?,29+,30+/m1/s1. The molecule has 4 amide bonds. The molecule has 0 radical (unpaired) electrons. The Morgan fingerprint density at radius 3 is 1.41 bits per heavy atom. The van der Waals surface area contributed by atoms with Crippen molar-refractivity contribution in [2.45, 2.75) is 69.3 Å². The number of rotatable bonds is 1. The lowest BCUT2D eigenvalue weighted by Crippen LogP contribution is -2.75. The fourth-order valence-corrected chi connectivity index (χ4v) is 16.7. The van der Waals surface area contributed by atoms with Gasteiger partial charge in [-0.3, -0.25) is 29.0 Å². The van der Waals surface area contributed by atoms with Gasteiger partial charge in [0.2, 0.25) is 0 Å². The van der Waals surface area contributed by atoms with Crippen LogP contribution in [0, 0.1) is 0 Å². The monoisotopic (exact) mass is 664 g/mol. The van der Waals surface area contributed by atoms with E-state index in [-0.39, 0.29) is 23.6 Å². The van der Waals surface area contributed by atoms with E-state index in [0.29, 0.717) is 12.8 Å². The van der Waals surface area contributed by atoms with E-state index in [9.17, 15) is 19.2 Å². The first-order valence-corrected chi connectivity index (χ1v) is 18.9. The molecule has 2 aromatic carbocycles. The number of likely N-dealkylation sites (N-methyl/N-ethyl adjacent to an activating group) is 2. The van der Waals surface area contributed by atoms with E-state index in [1.807, 2.05) is 60.0 Å². The minimum atomic E-state index is -1.14. The van der Waals surface area contributed by atoms with Crippen LogP contribution < -0.4 is 10.6 Å². The zero-order chi connectivity index (χ0) is 30.4. The molecule has 8 atom stereocenters.